The van der Waals surface area contributed by atoms with E-state index in [9.17, 15) is 14.9 Å². The van der Waals surface area contributed by atoms with Crippen molar-refractivity contribution in [1.82, 2.24) is 9.88 Å². The Morgan fingerprint density at radius 3 is 2.59 bits per heavy atom. The summed E-state index contributed by atoms with van der Waals surface area (Å²) in [6.07, 6.45) is 3.16. The van der Waals surface area contributed by atoms with Gasteiger partial charge in [0.15, 0.2) is 0 Å². The zero-order chi connectivity index (χ0) is 22.8. The van der Waals surface area contributed by atoms with E-state index in [0.29, 0.717) is 47.3 Å². The summed E-state index contributed by atoms with van der Waals surface area (Å²) in [7, 11) is 0. The molecule has 32 heavy (non-hydrogen) atoms. The molecule has 166 valence electrons. The number of rotatable bonds is 5. The van der Waals surface area contributed by atoms with Crippen LogP contribution in [-0.2, 0) is 4.79 Å². The first-order valence-electron chi connectivity index (χ1n) is 10.1. The molecule has 0 radical (unpaired) electrons. The molecule has 0 saturated carbocycles. The average Bonchev–Trinajstić information content (AvgIpc) is 2.79. The van der Waals surface area contributed by atoms with E-state index in [2.05, 4.69) is 20.1 Å². The highest BCUT2D eigenvalue weighted by Crippen LogP contribution is 2.34. The Morgan fingerprint density at radius 2 is 1.88 bits per heavy atom. The van der Waals surface area contributed by atoms with Crippen molar-refractivity contribution >= 4 is 56.9 Å². The van der Waals surface area contributed by atoms with Gasteiger partial charge in [0, 0.05) is 55.7 Å². The maximum absolute atomic E-state index is 12.6. The summed E-state index contributed by atoms with van der Waals surface area (Å²) < 4.78 is 0. The van der Waals surface area contributed by atoms with Crippen LogP contribution < -0.4 is 10.2 Å². The molecule has 1 saturated heterocycles. The van der Waals surface area contributed by atoms with E-state index in [0.717, 1.165) is 16.6 Å². The normalized spacial score (nSPS) is 14.5. The third-order valence-corrected chi connectivity index (χ3v) is 6.40. The predicted octanol–water partition coefficient (Wildman–Crippen LogP) is 4.52. The van der Waals surface area contributed by atoms with Gasteiger partial charge in [-0.1, -0.05) is 29.3 Å². The highest BCUT2D eigenvalue weighted by atomic mass is 35.5. The van der Waals surface area contributed by atoms with Crippen molar-refractivity contribution in [2.45, 2.75) is 6.92 Å². The number of nitro groups is 1. The molecule has 2 heterocycles. The van der Waals surface area contributed by atoms with Crippen LogP contribution in [0.25, 0.3) is 10.8 Å². The Bertz CT molecular complexity index is 1200. The summed E-state index contributed by atoms with van der Waals surface area (Å²) in [5.41, 5.74) is 2.24. The topological polar surface area (TPSA) is 91.6 Å². The van der Waals surface area contributed by atoms with Gasteiger partial charge in [-0.25, -0.2) is 0 Å². The number of hydrogen-bond donors (Lipinski definition) is 1. The zero-order valence-electron chi connectivity index (χ0n) is 17.3. The van der Waals surface area contributed by atoms with Gasteiger partial charge in [-0.3, -0.25) is 24.8 Å². The van der Waals surface area contributed by atoms with Gasteiger partial charge in [-0.2, -0.15) is 0 Å². The molecule has 3 aromatic rings. The highest BCUT2D eigenvalue weighted by Gasteiger charge is 2.23. The number of carbonyl (C=O) groups excluding carboxylic acids is 1. The Morgan fingerprint density at radius 1 is 1.12 bits per heavy atom. The van der Waals surface area contributed by atoms with E-state index in [1.54, 1.807) is 30.5 Å². The van der Waals surface area contributed by atoms with Crippen molar-refractivity contribution in [3.05, 3.63) is 68.4 Å². The summed E-state index contributed by atoms with van der Waals surface area (Å²) in [4.78, 5) is 31.8. The lowest BCUT2D eigenvalue weighted by molar-refractivity contribution is -0.383. The fourth-order valence-corrected chi connectivity index (χ4v) is 4.36. The molecule has 1 aromatic heterocycles. The van der Waals surface area contributed by atoms with Crippen LogP contribution in [0.4, 0.5) is 17.1 Å². The molecule has 0 aliphatic carbocycles. The number of carbonyl (C=O) groups is 1. The molecule has 0 atom stereocenters. The molecule has 10 heteroatoms. The standard InChI is InChI=1S/C22H21Cl2N5O3/c1-14-2-3-17(23)22(21(14)24)26-20(30)13-27-8-10-28(11-9-27)18-4-5-19(29(31)32)16-12-25-7-6-15(16)18/h2-7,12H,8-11,13H2,1H3,(H,26,30). The number of amides is 1. The number of halogens is 2. The van der Waals surface area contributed by atoms with Crippen LogP contribution >= 0.6 is 23.2 Å². The lowest BCUT2D eigenvalue weighted by atomic mass is 10.1. The van der Waals surface area contributed by atoms with Gasteiger partial charge in [0.2, 0.25) is 5.91 Å². The number of aromatic nitrogens is 1. The quantitative estimate of drug-likeness (QED) is 0.432. The van der Waals surface area contributed by atoms with Crippen LogP contribution in [0, 0.1) is 17.0 Å². The summed E-state index contributed by atoms with van der Waals surface area (Å²) in [6, 6.07) is 8.62. The molecular weight excluding hydrogens is 453 g/mol. The van der Waals surface area contributed by atoms with Crippen LogP contribution in [0.3, 0.4) is 0 Å². The van der Waals surface area contributed by atoms with Gasteiger partial charge >= 0.3 is 0 Å². The number of nitrogens with zero attached hydrogens (tertiary/aromatic N) is 4. The molecule has 0 unspecified atom stereocenters. The third-order valence-electron chi connectivity index (χ3n) is 5.60. The van der Waals surface area contributed by atoms with Crippen molar-refractivity contribution in [2.24, 2.45) is 0 Å². The summed E-state index contributed by atoms with van der Waals surface area (Å²) in [5.74, 6) is -0.181. The molecule has 1 aliphatic heterocycles. The molecule has 0 bridgehead atoms. The SMILES string of the molecule is Cc1ccc(Cl)c(NC(=O)CN2CCN(c3ccc([N+](=O)[O-])c4cnccc34)CC2)c1Cl. The van der Waals surface area contributed by atoms with Gasteiger partial charge < -0.3 is 10.2 Å². The van der Waals surface area contributed by atoms with E-state index in [1.165, 1.54) is 12.3 Å². The first kappa shape index (κ1) is 22.3. The first-order chi connectivity index (χ1) is 15.3. The summed E-state index contributed by atoms with van der Waals surface area (Å²) >= 11 is 12.5. The minimum atomic E-state index is -0.392. The largest absolute Gasteiger partial charge is 0.368 e. The second-order valence-electron chi connectivity index (χ2n) is 7.65. The fourth-order valence-electron chi connectivity index (χ4n) is 3.89. The fraction of sp³-hybridized carbons (Fsp3) is 0.273. The Balaban J connectivity index is 1.42. The molecule has 8 nitrogen and oxygen atoms in total. The number of nitrogens with one attached hydrogen (secondary N) is 1. The Hall–Kier alpha value is -2.94. The number of anilines is 2. The number of piperazine rings is 1. The number of hydrogen-bond acceptors (Lipinski definition) is 6. The Labute approximate surface area is 194 Å². The van der Waals surface area contributed by atoms with E-state index in [1.807, 2.05) is 6.92 Å². The minimum absolute atomic E-state index is 0.0422. The average molecular weight is 474 g/mol. The highest BCUT2D eigenvalue weighted by molar-refractivity contribution is 6.40. The van der Waals surface area contributed by atoms with Crippen molar-refractivity contribution in [3.8, 4) is 0 Å². The lowest BCUT2D eigenvalue weighted by Crippen LogP contribution is -2.48. The number of benzene rings is 2. The van der Waals surface area contributed by atoms with Crippen molar-refractivity contribution in [3.63, 3.8) is 0 Å². The molecule has 4 rings (SSSR count). The first-order valence-corrected chi connectivity index (χ1v) is 10.8. The van der Waals surface area contributed by atoms with Gasteiger partial charge in [-0.15, -0.1) is 0 Å². The minimum Gasteiger partial charge on any atom is -0.368 e. The number of non-ortho nitro benzene ring substituents is 1. The smallest absolute Gasteiger partial charge is 0.278 e. The van der Waals surface area contributed by atoms with Crippen LogP contribution in [0.1, 0.15) is 5.56 Å². The van der Waals surface area contributed by atoms with E-state index in [4.69, 9.17) is 23.2 Å². The monoisotopic (exact) mass is 473 g/mol. The second-order valence-corrected chi connectivity index (χ2v) is 8.43. The zero-order valence-corrected chi connectivity index (χ0v) is 18.9. The molecular formula is C22H21Cl2N5O3. The summed E-state index contributed by atoms with van der Waals surface area (Å²) in [5, 5.41) is 16.3. The molecule has 1 amide bonds. The van der Waals surface area contributed by atoms with Gasteiger partial charge in [0.25, 0.3) is 5.69 Å². The Kier molecular flexibility index (Phi) is 6.45. The van der Waals surface area contributed by atoms with Crippen LogP contribution in [0.15, 0.2) is 42.7 Å². The van der Waals surface area contributed by atoms with E-state index >= 15 is 0 Å². The van der Waals surface area contributed by atoms with Crippen molar-refractivity contribution in [1.29, 1.82) is 0 Å². The molecule has 1 fully saturated rings. The van der Waals surface area contributed by atoms with Crippen molar-refractivity contribution in [2.75, 3.05) is 42.9 Å². The number of nitro benzene ring substituents is 1. The second kappa shape index (κ2) is 9.28. The van der Waals surface area contributed by atoms with E-state index < -0.39 is 4.92 Å². The molecule has 1 aliphatic rings. The predicted molar refractivity (Wildman–Crippen MR) is 127 cm³/mol. The van der Waals surface area contributed by atoms with Gasteiger partial charge in [0.1, 0.15) is 0 Å². The summed E-state index contributed by atoms with van der Waals surface area (Å²) in [6.45, 7) is 4.80. The number of pyridine rings is 1. The van der Waals surface area contributed by atoms with Crippen LogP contribution in [0.2, 0.25) is 10.0 Å². The van der Waals surface area contributed by atoms with Gasteiger partial charge in [-0.05, 0) is 30.7 Å². The molecule has 2 aromatic carbocycles. The maximum Gasteiger partial charge on any atom is 0.278 e. The van der Waals surface area contributed by atoms with Gasteiger partial charge in [0.05, 0.1) is 32.6 Å². The molecule has 0 spiro atoms. The third kappa shape index (κ3) is 4.48. The number of aryl methyl sites for hydroxylation is 1. The van der Waals surface area contributed by atoms with E-state index in [-0.39, 0.29) is 18.1 Å². The maximum atomic E-state index is 12.6. The molecule has 1 N–H and O–H groups in total. The van der Waals surface area contributed by atoms with Crippen LogP contribution in [0.5, 0.6) is 0 Å². The number of fused-ring (bicyclic) bond motifs is 1. The van der Waals surface area contributed by atoms with Crippen LogP contribution in [-0.4, -0.2) is 53.4 Å². The van der Waals surface area contributed by atoms with Crippen molar-refractivity contribution < 1.29 is 9.72 Å². The lowest BCUT2D eigenvalue weighted by Gasteiger charge is -2.36.